The number of hydrogen-bond donors (Lipinski definition) is 1. The largest absolute Gasteiger partial charge is 0.466 e. The Labute approximate surface area is 115 Å². The van der Waals surface area contributed by atoms with Crippen LogP contribution in [0, 0.1) is 0 Å². The van der Waals surface area contributed by atoms with Crippen LogP contribution in [0.5, 0.6) is 0 Å². The summed E-state index contributed by atoms with van der Waals surface area (Å²) in [5.74, 6) is -0.119. The van der Waals surface area contributed by atoms with Crippen LogP contribution in [-0.4, -0.2) is 26.2 Å². The maximum absolute atomic E-state index is 11.1. The molecule has 4 heteroatoms. The molecule has 0 aromatic heterocycles. The summed E-state index contributed by atoms with van der Waals surface area (Å²) in [6, 6.07) is 8.29. The summed E-state index contributed by atoms with van der Waals surface area (Å²) in [7, 11) is 1.69. The fourth-order valence-electron chi connectivity index (χ4n) is 1.82. The van der Waals surface area contributed by atoms with Gasteiger partial charge in [-0.2, -0.15) is 0 Å². The number of carbonyl (C=O) groups is 1. The van der Waals surface area contributed by atoms with Crippen LogP contribution >= 0.6 is 0 Å². The van der Waals surface area contributed by atoms with Crippen LogP contribution < -0.4 is 5.32 Å². The zero-order chi connectivity index (χ0) is 13.9. The van der Waals surface area contributed by atoms with Crippen LogP contribution in [0.1, 0.15) is 30.9 Å². The number of esters is 1. The zero-order valence-electron chi connectivity index (χ0n) is 11.8. The van der Waals surface area contributed by atoms with Gasteiger partial charge < -0.3 is 14.8 Å². The van der Waals surface area contributed by atoms with Gasteiger partial charge in [0.05, 0.1) is 13.2 Å². The van der Waals surface area contributed by atoms with E-state index in [-0.39, 0.29) is 5.97 Å². The summed E-state index contributed by atoms with van der Waals surface area (Å²) < 4.78 is 9.97. The Morgan fingerprint density at radius 1 is 1.32 bits per heavy atom. The average Bonchev–Trinajstić information content (AvgIpc) is 2.39. The Balaban J connectivity index is 2.18. The number of benzene rings is 1. The van der Waals surface area contributed by atoms with Crippen molar-refractivity contribution in [3.8, 4) is 0 Å². The maximum Gasteiger partial charge on any atom is 0.305 e. The Morgan fingerprint density at radius 3 is 2.84 bits per heavy atom. The summed E-state index contributed by atoms with van der Waals surface area (Å²) >= 11 is 0. The van der Waals surface area contributed by atoms with Crippen molar-refractivity contribution >= 4 is 5.97 Å². The first kappa shape index (κ1) is 15.7. The van der Waals surface area contributed by atoms with Crippen LogP contribution in [0.2, 0.25) is 0 Å². The van der Waals surface area contributed by atoms with Crippen LogP contribution in [0.4, 0.5) is 0 Å². The Morgan fingerprint density at radius 2 is 2.11 bits per heavy atom. The van der Waals surface area contributed by atoms with Crippen molar-refractivity contribution in [1.29, 1.82) is 0 Å². The van der Waals surface area contributed by atoms with Crippen LogP contribution in [-0.2, 0) is 27.4 Å². The second-order valence-corrected chi connectivity index (χ2v) is 4.34. The van der Waals surface area contributed by atoms with Crippen LogP contribution in [0.3, 0.4) is 0 Å². The lowest BCUT2D eigenvalue weighted by atomic mass is 10.1. The van der Waals surface area contributed by atoms with Crippen molar-refractivity contribution in [3.05, 3.63) is 35.4 Å². The summed E-state index contributed by atoms with van der Waals surface area (Å²) in [6.45, 7) is 4.53. The lowest BCUT2D eigenvalue weighted by molar-refractivity contribution is -0.143. The van der Waals surface area contributed by atoms with Crippen molar-refractivity contribution in [3.63, 3.8) is 0 Å². The van der Waals surface area contributed by atoms with E-state index in [9.17, 15) is 4.79 Å². The van der Waals surface area contributed by atoms with Crippen molar-refractivity contribution in [1.82, 2.24) is 5.32 Å². The molecule has 0 bridgehead atoms. The summed E-state index contributed by atoms with van der Waals surface area (Å²) in [5.41, 5.74) is 2.40. The SMILES string of the molecule is CCOC(=O)CCCNCc1cccc(COC)c1. The number of ether oxygens (including phenoxy) is 2. The Kier molecular flexibility index (Phi) is 7.86. The molecule has 0 spiro atoms. The Bertz CT molecular complexity index is 379. The van der Waals surface area contributed by atoms with Crippen LogP contribution in [0.15, 0.2) is 24.3 Å². The predicted octanol–water partition coefficient (Wildman–Crippen LogP) is 2.27. The molecular formula is C15H23NO3. The first-order valence-corrected chi connectivity index (χ1v) is 6.69. The molecule has 0 aliphatic carbocycles. The molecule has 0 amide bonds. The van der Waals surface area contributed by atoms with E-state index >= 15 is 0 Å². The van der Waals surface area contributed by atoms with Gasteiger partial charge in [0.25, 0.3) is 0 Å². The topological polar surface area (TPSA) is 47.6 Å². The van der Waals surface area contributed by atoms with E-state index in [1.54, 1.807) is 7.11 Å². The number of carbonyl (C=O) groups excluding carboxylic acids is 1. The molecule has 0 radical (unpaired) electrons. The lowest BCUT2D eigenvalue weighted by Crippen LogP contribution is -2.16. The molecule has 0 saturated heterocycles. The molecule has 106 valence electrons. The van der Waals surface area contributed by atoms with E-state index in [0.717, 1.165) is 19.5 Å². The van der Waals surface area contributed by atoms with Gasteiger partial charge in [0.2, 0.25) is 0 Å². The molecule has 0 unspecified atom stereocenters. The van der Waals surface area contributed by atoms with Gasteiger partial charge in [0.1, 0.15) is 0 Å². The van der Waals surface area contributed by atoms with Gasteiger partial charge in [0, 0.05) is 20.1 Å². The van der Waals surface area contributed by atoms with Gasteiger partial charge in [-0.05, 0) is 31.0 Å². The highest BCUT2D eigenvalue weighted by Crippen LogP contribution is 2.06. The molecule has 1 aromatic carbocycles. The van der Waals surface area contributed by atoms with Gasteiger partial charge >= 0.3 is 5.97 Å². The van der Waals surface area contributed by atoms with Crippen LogP contribution in [0.25, 0.3) is 0 Å². The highest BCUT2D eigenvalue weighted by Gasteiger charge is 2.00. The maximum atomic E-state index is 11.1. The minimum absolute atomic E-state index is 0.119. The first-order valence-electron chi connectivity index (χ1n) is 6.69. The predicted molar refractivity (Wildman–Crippen MR) is 74.7 cm³/mol. The van der Waals surface area contributed by atoms with Gasteiger partial charge in [-0.1, -0.05) is 24.3 Å². The average molecular weight is 265 g/mol. The molecule has 1 N–H and O–H groups in total. The third-order valence-electron chi connectivity index (χ3n) is 2.67. The van der Waals surface area contributed by atoms with Gasteiger partial charge in [-0.25, -0.2) is 0 Å². The van der Waals surface area contributed by atoms with Gasteiger partial charge in [-0.15, -0.1) is 0 Å². The molecular weight excluding hydrogens is 242 g/mol. The second-order valence-electron chi connectivity index (χ2n) is 4.34. The van der Waals surface area contributed by atoms with Crippen molar-refractivity contribution in [2.24, 2.45) is 0 Å². The Hall–Kier alpha value is -1.39. The van der Waals surface area contributed by atoms with Gasteiger partial charge in [-0.3, -0.25) is 4.79 Å². The normalized spacial score (nSPS) is 10.4. The van der Waals surface area contributed by atoms with Crippen molar-refractivity contribution in [2.45, 2.75) is 32.9 Å². The molecule has 0 atom stereocenters. The van der Waals surface area contributed by atoms with E-state index in [2.05, 4.69) is 17.4 Å². The minimum atomic E-state index is -0.119. The fourth-order valence-corrected chi connectivity index (χ4v) is 1.82. The van der Waals surface area contributed by atoms with Crippen molar-refractivity contribution in [2.75, 3.05) is 20.3 Å². The summed E-state index contributed by atoms with van der Waals surface area (Å²) in [5, 5.41) is 3.32. The number of nitrogens with one attached hydrogen (secondary N) is 1. The van der Waals surface area contributed by atoms with Gasteiger partial charge in [0.15, 0.2) is 0 Å². The van der Waals surface area contributed by atoms with E-state index in [1.165, 1.54) is 11.1 Å². The zero-order valence-corrected chi connectivity index (χ0v) is 11.8. The highest BCUT2D eigenvalue weighted by molar-refractivity contribution is 5.69. The molecule has 0 aliphatic rings. The van der Waals surface area contributed by atoms with Crippen molar-refractivity contribution < 1.29 is 14.3 Å². The summed E-state index contributed by atoms with van der Waals surface area (Å²) in [6.07, 6.45) is 1.28. The molecule has 0 aliphatic heterocycles. The number of hydrogen-bond acceptors (Lipinski definition) is 4. The first-order chi connectivity index (χ1) is 9.26. The smallest absolute Gasteiger partial charge is 0.305 e. The summed E-state index contributed by atoms with van der Waals surface area (Å²) in [4.78, 5) is 11.1. The van der Waals surface area contributed by atoms with E-state index < -0.39 is 0 Å². The molecule has 0 saturated carbocycles. The van der Waals surface area contributed by atoms with E-state index in [4.69, 9.17) is 9.47 Å². The second kappa shape index (κ2) is 9.53. The molecule has 4 nitrogen and oxygen atoms in total. The molecule has 1 aromatic rings. The molecule has 19 heavy (non-hydrogen) atoms. The third-order valence-corrected chi connectivity index (χ3v) is 2.67. The standard InChI is InChI=1S/C15H23NO3/c1-3-19-15(17)8-5-9-16-11-13-6-4-7-14(10-13)12-18-2/h4,6-7,10,16H,3,5,8-9,11-12H2,1-2H3. The quantitative estimate of drug-likeness (QED) is 0.549. The third kappa shape index (κ3) is 6.94. The fraction of sp³-hybridized carbons (Fsp3) is 0.533. The lowest BCUT2D eigenvalue weighted by Gasteiger charge is -2.07. The van der Waals surface area contributed by atoms with E-state index in [1.807, 2.05) is 19.1 Å². The molecule has 1 rings (SSSR count). The monoisotopic (exact) mass is 265 g/mol. The number of methoxy groups -OCH3 is 1. The molecule has 0 heterocycles. The number of rotatable bonds is 9. The highest BCUT2D eigenvalue weighted by atomic mass is 16.5. The minimum Gasteiger partial charge on any atom is -0.466 e. The molecule has 0 fully saturated rings. The van der Waals surface area contributed by atoms with E-state index in [0.29, 0.717) is 19.6 Å².